The molecule has 28 heavy (non-hydrogen) atoms. The molecule has 0 spiro atoms. The number of halogens is 3. The first-order valence-electron chi connectivity index (χ1n) is 8.18. The van der Waals surface area contributed by atoms with Crippen LogP contribution in [0.4, 0.5) is 24.5 Å². The van der Waals surface area contributed by atoms with Crippen molar-refractivity contribution in [3.05, 3.63) is 59.7 Å². The number of hydrogen-bond acceptors (Lipinski definition) is 4. The fraction of sp³-hybridized carbons (Fsp3) is 0.211. The molecular weight excluding hydrogens is 373 g/mol. The smallest absolute Gasteiger partial charge is 0.378 e. The highest BCUT2D eigenvalue weighted by Gasteiger charge is 2.38. The van der Waals surface area contributed by atoms with E-state index in [1.807, 2.05) is 19.0 Å². The lowest BCUT2D eigenvalue weighted by atomic mass is 10.1. The number of amides is 2. The summed E-state index contributed by atoms with van der Waals surface area (Å²) in [4.78, 5) is 25.1. The first-order chi connectivity index (χ1) is 13.1. The van der Waals surface area contributed by atoms with Crippen LogP contribution in [0.5, 0.6) is 0 Å². The number of carbonyl (C=O) groups excluding carboxylic acids is 2. The zero-order chi connectivity index (χ0) is 20.9. The SMILES string of the molecule is CC(=NNC(=O)c1ccc(N(C)C)cc1)c1cccc(NC(=O)C(F)(F)F)c1. The van der Waals surface area contributed by atoms with Crippen molar-refractivity contribution in [2.45, 2.75) is 13.1 Å². The summed E-state index contributed by atoms with van der Waals surface area (Å²) in [5.41, 5.74) is 4.53. The third-order valence-electron chi connectivity index (χ3n) is 3.77. The highest BCUT2D eigenvalue weighted by atomic mass is 19.4. The Morgan fingerprint density at radius 1 is 1.00 bits per heavy atom. The Balaban J connectivity index is 2.07. The quantitative estimate of drug-likeness (QED) is 0.605. The number of benzene rings is 2. The van der Waals surface area contributed by atoms with Crippen LogP contribution in [0.1, 0.15) is 22.8 Å². The Kier molecular flexibility index (Phi) is 6.40. The van der Waals surface area contributed by atoms with Crippen LogP contribution in [0.25, 0.3) is 0 Å². The molecule has 2 rings (SSSR count). The van der Waals surface area contributed by atoms with Gasteiger partial charge < -0.3 is 10.2 Å². The van der Waals surface area contributed by atoms with E-state index in [9.17, 15) is 22.8 Å². The molecule has 0 heterocycles. The third-order valence-corrected chi connectivity index (χ3v) is 3.77. The molecule has 0 unspecified atom stereocenters. The number of hydrogen-bond donors (Lipinski definition) is 2. The molecule has 0 bridgehead atoms. The standard InChI is InChI=1S/C19H19F3N4O2/c1-12(14-5-4-6-15(11-14)23-18(28)19(20,21)22)24-25-17(27)13-7-9-16(10-8-13)26(2)3/h4-11H,1-3H3,(H,23,28)(H,25,27). The number of hydrazone groups is 1. The Bertz CT molecular complexity index is 891. The van der Waals surface area contributed by atoms with Gasteiger partial charge in [0, 0.05) is 31.0 Å². The maximum absolute atomic E-state index is 12.3. The van der Waals surface area contributed by atoms with E-state index in [1.165, 1.54) is 18.2 Å². The first kappa shape index (κ1) is 20.9. The zero-order valence-corrected chi connectivity index (χ0v) is 15.5. The molecule has 0 fully saturated rings. The summed E-state index contributed by atoms with van der Waals surface area (Å²) in [6.45, 7) is 1.58. The molecule has 0 radical (unpaired) electrons. The van der Waals surface area contributed by atoms with Crippen molar-refractivity contribution in [2.75, 3.05) is 24.3 Å². The minimum atomic E-state index is -4.98. The lowest BCUT2D eigenvalue weighted by Gasteiger charge is -2.12. The second-order valence-corrected chi connectivity index (χ2v) is 6.11. The normalized spacial score (nSPS) is 11.7. The molecule has 2 N–H and O–H groups in total. The Hall–Kier alpha value is -3.36. The number of carbonyl (C=O) groups is 2. The molecule has 2 aromatic rings. The monoisotopic (exact) mass is 392 g/mol. The number of anilines is 2. The fourth-order valence-electron chi connectivity index (χ4n) is 2.20. The van der Waals surface area contributed by atoms with E-state index in [0.717, 1.165) is 5.69 Å². The maximum atomic E-state index is 12.3. The van der Waals surface area contributed by atoms with Gasteiger partial charge in [-0.1, -0.05) is 12.1 Å². The topological polar surface area (TPSA) is 73.8 Å². The average Bonchev–Trinajstić information content (AvgIpc) is 2.65. The van der Waals surface area contributed by atoms with Crippen LogP contribution in [-0.4, -0.2) is 37.8 Å². The van der Waals surface area contributed by atoms with Crippen molar-refractivity contribution in [2.24, 2.45) is 5.10 Å². The summed E-state index contributed by atoms with van der Waals surface area (Å²) in [6.07, 6.45) is -4.98. The van der Waals surface area contributed by atoms with Crippen molar-refractivity contribution >= 4 is 28.9 Å². The first-order valence-corrected chi connectivity index (χ1v) is 8.18. The van der Waals surface area contributed by atoms with Gasteiger partial charge in [0.05, 0.1) is 5.71 Å². The summed E-state index contributed by atoms with van der Waals surface area (Å²) in [6, 6.07) is 12.6. The number of rotatable bonds is 5. The highest BCUT2D eigenvalue weighted by molar-refractivity contribution is 6.02. The summed E-state index contributed by atoms with van der Waals surface area (Å²) in [7, 11) is 3.77. The Morgan fingerprint density at radius 3 is 2.21 bits per heavy atom. The van der Waals surface area contributed by atoms with Crippen molar-refractivity contribution in [3.8, 4) is 0 Å². The lowest BCUT2D eigenvalue weighted by molar-refractivity contribution is -0.167. The van der Waals surface area contributed by atoms with E-state index in [1.54, 1.807) is 42.6 Å². The predicted octanol–water partition coefficient (Wildman–Crippen LogP) is 3.41. The molecule has 0 saturated carbocycles. The van der Waals surface area contributed by atoms with E-state index in [2.05, 4.69) is 10.5 Å². The minimum absolute atomic E-state index is 0.0278. The van der Waals surface area contributed by atoms with E-state index in [0.29, 0.717) is 16.8 Å². The summed E-state index contributed by atoms with van der Waals surface area (Å²) < 4.78 is 37.0. The van der Waals surface area contributed by atoms with Crippen LogP contribution in [0.2, 0.25) is 0 Å². The molecular formula is C19H19F3N4O2. The van der Waals surface area contributed by atoms with Gasteiger partial charge in [-0.05, 0) is 48.9 Å². The summed E-state index contributed by atoms with van der Waals surface area (Å²) in [5, 5.41) is 5.74. The Morgan fingerprint density at radius 2 is 1.64 bits per heavy atom. The van der Waals surface area contributed by atoms with Gasteiger partial charge in [0.25, 0.3) is 5.91 Å². The molecule has 0 aliphatic carbocycles. The minimum Gasteiger partial charge on any atom is -0.378 e. The van der Waals surface area contributed by atoms with Crippen LogP contribution in [0, 0.1) is 0 Å². The molecule has 2 aromatic carbocycles. The van der Waals surface area contributed by atoms with Crippen molar-refractivity contribution in [1.82, 2.24) is 5.43 Å². The van der Waals surface area contributed by atoms with Gasteiger partial charge in [0.1, 0.15) is 0 Å². The van der Waals surface area contributed by atoms with Gasteiger partial charge in [0.2, 0.25) is 0 Å². The van der Waals surface area contributed by atoms with Crippen LogP contribution in [0.3, 0.4) is 0 Å². The third kappa shape index (κ3) is 5.57. The molecule has 2 amide bonds. The van der Waals surface area contributed by atoms with Gasteiger partial charge in [0.15, 0.2) is 0 Å². The van der Waals surface area contributed by atoms with Gasteiger partial charge >= 0.3 is 12.1 Å². The molecule has 0 aromatic heterocycles. The van der Waals surface area contributed by atoms with E-state index >= 15 is 0 Å². The van der Waals surface area contributed by atoms with E-state index < -0.39 is 18.0 Å². The molecule has 0 aliphatic heterocycles. The van der Waals surface area contributed by atoms with Crippen LogP contribution in [-0.2, 0) is 4.79 Å². The average molecular weight is 392 g/mol. The van der Waals surface area contributed by atoms with Crippen LogP contribution < -0.4 is 15.6 Å². The Labute approximate surface area is 160 Å². The molecule has 0 aliphatic rings. The number of nitrogens with one attached hydrogen (secondary N) is 2. The number of alkyl halides is 3. The molecule has 0 atom stereocenters. The van der Waals surface area contributed by atoms with Gasteiger partial charge in [-0.15, -0.1) is 0 Å². The van der Waals surface area contributed by atoms with Gasteiger partial charge in [-0.25, -0.2) is 5.43 Å². The fourth-order valence-corrected chi connectivity index (χ4v) is 2.20. The molecule has 0 saturated heterocycles. The van der Waals surface area contributed by atoms with Gasteiger partial charge in [-0.3, -0.25) is 9.59 Å². The summed E-state index contributed by atoms with van der Waals surface area (Å²) in [5.74, 6) is -2.49. The second kappa shape index (κ2) is 8.55. The molecule has 6 nitrogen and oxygen atoms in total. The van der Waals surface area contributed by atoms with Crippen molar-refractivity contribution in [1.29, 1.82) is 0 Å². The molecule has 148 valence electrons. The zero-order valence-electron chi connectivity index (χ0n) is 15.5. The second-order valence-electron chi connectivity index (χ2n) is 6.11. The van der Waals surface area contributed by atoms with Crippen molar-refractivity contribution < 1.29 is 22.8 Å². The van der Waals surface area contributed by atoms with Crippen molar-refractivity contribution in [3.63, 3.8) is 0 Å². The predicted molar refractivity (Wildman–Crippen MR) is 102 cm³/mol. The largest absolute Gasteiger partial charge is 0.471 e. The van der Waals surface area contributed by atoms with E-state index in [-0.39, 0.29) is 5.69 Å². The lowest BCUT2D eigenvalue weighted by Crippen LogP contribution is -2.29. The molecule has 9 heteroatoms. The summed E-state index contributed by atoms with van der Waals surface area (Å²) >= 11 is 0. The van der Waals surface area contributed by atoms with E-state index in [4.69, 9.17) is 0 Å². The maximum Gasteiger partial charge on any atom is 0.471 e. The van der Waals surface area contributed by atoms with Gasteiger partial charge in [-0.2, -0.15) is 18.3 Å². The van der Waals surface area contributed by atoms with Crippen LogP contribution in [0.15, 0.2) is 53.6 Å². The van der Waals surface area contributed by atoms with Crippen LogP contribution >= 0.6 is 0 Å². The highest BCUT2D eigenvalue weighted by Crippen LogP contribution is 2.19. The number of nitrogens with zero attached hydrogens (tertiary/aromatic N) is 2.